The van der Waals surface area contributed by atoms with E-state index in [1.54, 1.807) is 0 Å². The number of benzene rings is 2. The number of allylic oxidation sites excluding steroid dienone is 4. The molecule has 100 valence electrons. The van der Waals surface area contributed by atoms with Crippen LogP contribution in [0.2, 0.25) is 0 Å². The summed E-state index contributed by atoms with van der Waals surface area (Å²) in [5.74, 6) is 0.435. The molecule has 0 saturated heterocycles. The molecule has 1 nitrogen and oxygen atoms in total. The highest BCUT2D eigenvalue weighted by Crippen LogP contribution is 2.40. The zero-order chi connectivity index (χ0) is 14.0. The van der Waals surface area contributed by atoms with Gasteiger partial charge in [-0.15, -0.1) is 0 Å². The quantitative estimate of drug-likeness (QED) is 0.818. The second kappa shape index (κ2) is 5.01. The SMILES string of the molecule is CC1(c2ccccc2)CC=C(c2ccccc2)C=C1O. The summed E-state index contributed by atoms with van der Waals surface area (Å²) in [5.41, 5.74) is 3.07. The molecule has 3 rings (SSSR count). The number of hydrogen-bond acceptors (Lipinski definition) is 1. The van der Waals surface area contributed by atoms with Crippen molar-refractivity contribution in [1.29, 1.82) is 0 Å². The standard InChI is InChI=1S/C19H18O/c1-19(17-10-6-3-7-11-17)13-12-16(14-18(19)20)15-8-4-2-5-9-15/h2-12,14,20H,13H2,1H3. The molecule has 1 atom stereocenters. The minimum absolute atomic E-state index is 0.320. The average Bonchev–Trinajstić information content (AvgIpc) is 2.52. The lowest BCUT2D eigenvalue weighted by atomic mass is 9.74. The summed E-state index contributed by atoms with van der Waals surface area (Å²) in [5, 5.41) is 10.5. The third-order valence-electron chi connectivity index (χ3n) is 4.11. The van der Waals surface area contributed by atoms with Gasteiger partial charge in [0.25, 0.3) is 0 Å². The average molecular weight is 262 g/mol. The van der Waals surface area contributed by atoms with Crippen LogP contribution in [-0.4, -0.2) is 5.11 Å². The zero-order valence-corrected chi connectivity index (χ0v) is 11.6. The molecule has 0 aliphatic heterocycles. The molecule has 2 aromatic carbocycles. The van der Waals surface area contributed by atoms with Gasteiger partial charge in [0.1, 0.15) is 5.76 Å². The summed E-state index contributed by atoms with van der Waals surface area (Å²) < 4.78 is 0. The molecule has 0 radical (unpaired) electrons. The maximum Gasteiger partial charge on any atom is 0.103 e. The minimum Gasteiger partial charge on any atom is -0.511 e. The van der Waals surface area contributed by atoms with Crippen LogP contribution in [0.5, 0.6) is 0 Å². The normalized spacial score (nSPS) is 22.1. The molecule has 1 N–H and O–H groups in total. The fourth-order valence-electron chi connectivity index (χ4n) is 2.69. The van der Waals surface area contributed by atoms with Gasteiger partial charge in [0, 0.05) is 0 Å². The van der Waals surface area contributed by atoms with E-state index in [0.29, 0.717) is 5.76 Å². The van der Waals surface area contributed by atoms with Gasteiger partial charge >= 0.3 is 0 Å². The lowest BCUT2D eigenvalue weighted by Crippen LogP contribution is -2.26. The van der Waals surface area contributed by atoms with Crippen molar-refractivity contribution >= 4 is 5.57 Å². The summed E-state index contributed by atoms with van der Waals surface area (Å²) in [7, 11) is 0. The Bertz CT molecular complexity index is 653. The van der Waals surface area contributed by atoms with E-state index in [1.165, 1.54) is 0 Å². The van der Waals surface area contributed by atoms with Crippen LogP contribution in [0.3, 0.4) is 0 Å². The van der Waals surface area contributed by atoms with Gasteiger partial charge in [-0.3, -0.25) is 0 Å². The second-order valence-corrected chi connectivity index (χ2v) is 5.46. The van der Waals surface area contributed by atoms with Crippen LogP contribution in [0.15, 0.2) is 78.6 Å². The molecule has 1 aliphatic carbocycles. The predicted molar refractivity (Wildman–Crippen MR) is 83.5 cm³/mol. The van der Waals surface area contributed by atoms with Crippen LogP contribution in [0.4, 0.5) is 0 Å². The summed E-state index contributed by atoms with van der Waals surface area (Å²) in [4.78, 5) is 0. The van der Waals surface area contributed by atoms with Crippen molar-refractivity contribution in [2.45, 2.75) is 18.8 Å². The topological polar surface area (TPSA) is 20.2 Å². The number of hydrogen-bond donors (Lipinski definition) is 1. The van der Waals surface area contributed by atoms with Gasteiger partial charge in [0.15, 0.2) is 0 Å². The minimum atomic E-state index is -0.320. The summed E-state index contributed by atoms with van der Waals surface area (Å²) in [6.45, 7) is 2.09. The molecular weight excluding hydrogens is 244 g/mol. The van der Waals surface area contributed by atoms with E-state index in [9.17, 15) is 5.11 Å². The molecule has 0 bridgehead atoms. The molecule has 0 aromatic heterocycles. The van der Waals surface area contributed by atoms with Crippen LogP contribution in [0.25, 0.3) is 5.57 Å². The van der Waals surface area contributed by atoms with Crippen molar-refractivity contribution in [3.05, 3.63) is 89.7 Å². The molecule has 0 heterocycles. The molecule has 20 heavy (non-hydrogen) atoms. The van der Waals surface area contributed by atoms with E-state index < -0.39 is 0 Å². The predicted octanol–water partition coefficient (Wildman–Crippen LogP) is 4.87. The van der Waals surface area contributed by atoms with Gasteiger partial charge in [-0.05, 0) is 36.1 Å². The maximum absolute atomic E-state index is 10.5. The van der Waals surface area contributed by atoms with E-state index in [2.05, 4.69) is 37.3 Å². The first-order chi connectivity index (χ1) is 9.70. The van der Waals surface area contributed by atoms with Crippen molar-refractivity contribution in [1.82, 2.24) is 0 Å². The van der Waals surface area contributed by atoms with Crippen molar-refractivity contribution in [2.24, 2.45) is 0 Å². The Hall–Kier alpha value is -2.28. The zero-order valence-electron chi connectivity index (χ0n) is 11.6. The Labute approximate surface area is 119 Å². The van der Waals surface area contributed by atoms with E-state index in [4.69, 9.17) is 0 Å². The molecule has 0 fully saturated rings. The highest BCUT2D eigenvalue weighted by Gasteiger charge is 2.32. The van der Waals surface area contributed by atoms with Crippen LogP contribution in [0, 0.1) is 0 Å². The number of rotatable bonds is 2. The highest BCUT2D eigenvalue weighted by molar-refractivity contribution is 5.76. The van der Waals surface area contributed by atoms with Crippen molar-refractivity contribution in [3.8, 4) is 0 Å². The summed E-state index contributed by atoms with van der Waals surface area (Å²) in [6, 6.07) is 20.4. The van der Waals surface area contributed by atoms with E-state index in [0.717, 1.165) is 23.1 Å². The fourth-order valence-corrected chi connectivity index (χ4v) is 2.69. The van der Waals surface area contributed by atoms with Gasteiger partial charge in [-0.25, -0.2) is 0 Å². The summed E-state index contributed by atoms with van der Waals surface area (Å²) in [6.07, 6.45) is 4.91. The molecule has 0 saturated carbocycles. The van der Waals surface area contributed by atoms with E-state index in [1.807, 2.05) is 42.5 Å². The van der Waals surface area contributed by atoms with Gasteiger partial charge in [-0.2, -0.15) is 0 Å². The number of aliphatic hydroxyl groups excluding tert-OH is 1. The van der Waals surface area contributed by atoms with E-state index in [-0.39, 0.29) is 5.41 Å². The lowest BCUT2D eigenvalue weighted by molar-refractivity contribution is 0.305. The van der Waals surface area contributed by atoms with Crippen LogP contribution in [-0.2, 0) is 5.41 Å². The smallest absolute Gasteiger partial charge is 0.103 e. The van der Waals surface area contributed by atoms with Crippen molar-refractivity contribution < 1.29 is 5.11 Å². The van der Waals surface area contributed by atoms with Crippen LogP contribution >= 0.6 is 0 Å². The highest BCUT2D eigenvalue weighted by atomic mass is 16.3. The van der Waals surface area contributed by atoms with E-state index >= 15 is 0 Å². The molecule has 1 heteroatoms. The molecule has 0 amide bonds. The Kier molecular flexibility index (Phi) is 3.19. The van der Waals surface area contributed by atoms with Gasteiger partial charge < -0.3 is 5.11 Å². The maximum atomic E-state index is 10.5. The van der Waals surface area contributed by atoms with Crippen molar-refractivity contribution in [2.75, 3.05) is 0 Å². The Morgan fingerprint density at radius 1 is 0.900 bits per heavy atom. The Morgan fingerprint density at radius 2 is 1.50 bits per heavy atom. The first kappa shape index (κ1) is 12.7. The lowest BCUT2D eigenvalue weighted by Gasteiger charge is -2.31. The molecule has 1 unspecified atom stereocenters. The van der Waals surface area contributed by atoms with Gasteiger partial charge in [-0.1, -0.05) is 66.7 Å². The van der Waals surface area contributed by atoms with Gasteiger partial charge in [0.2, 0.25) is 0 Å². The molecule has 1 aliphatic rings. The first-order valence-electron chi connectivity index (χ1n) is 6.92. The Morgan fingerprint density at radius 3 is 2.10 bits per heavy atom. The van der Waals surface area contributed by atoms with Crippen molar-refractivity contribution in [3.63, 3.8) is 0 Å². The van der Waals surface area contributed by atoms with Crippen LogP contribution < -0.4 is 0 Å². The largest absolute Gasteiger partial charge is 0.511 e. The summed E-state index contributed by atoms with van der Waals surface area (Å²) >= 11 is 0. The third-order valence-corrected chi connectivity index (χ3v) is 4.11. The van der Waals surface area contributed by atoms with Crippen LogP contribution in [0.1, 0.15) is 24.5 Å². The Balaban J connectivity index is 1.96. The number of aliphatic hydroxyl groups is 1. The van der Waals surface area contributed by atoms with Gasteiger partial charge in [0.05, 0.1) is 5.41 Å². The monoisotopic (exact) mass is 262 g/mol. The molecule has 0 spiro atoms. The fraction of sp³-hybridized carbons (Fsp3) is 0.158. The second-order valence-electron chi connectivity index (χ2n) is 5.46. The third kappa shape index (κ3) is 2.16. The first-order valence-corrected chi connectivity index (χ1v) is 6.92. The molecular formula is C19H18O. The molecule has 2 aromatic rings.